The van der Waals surface area contributed by atoms with Crippen molar-refractivity contribution in [2.45, 2.75) is 38.8 Å². The molecule has 3 heterocycles. The summed E-state index contributed by atoms with van der Waals surface area (Å²) in [5.74, 6) is 1.35. The average Bonchev–Trinajstić information content (AvgIpc) is 3.03. The minimum atomic E-state index is 0. The Hall–Kier alpha value is -0.460. The van der Waals surface area contributed by atoms with Gasteiger partial charge in [0, 0.05) is 69.2 Å². The van der Waals surface area contributed by atoms with E-state index in [1.807, 2.05) is 12.4 Å². The second-order valence-corrected chi connectivity index (χ2v) is 6.56. The largest absolute Gasteiger partial charge is 0.315 e. The quantitative estimate of drug-likeness (QED) is 0.887. The lowest BCUT2D eigenvalue weighted by Gasteiger charge is -2.37. The summed E-state index contributed by atoms with van der Waals surface area (Å²) in [5, 5.41) is 3.46. The minimum absolute atomic E-state index is 0. The molecule has 5 nitrogen and oxygen atoms in total. The van der Waals surface area contributed by atoms with Crippen LogP contribution in [-0.4, -0.2) is 65.1 Å². The fourth-order valence-corrected chi connectivity index (χ4v) is 3.24. The number of halogens is 2. The molecule has 1 aromatic rings. The van der Waals surface area contributed by atoms with Crippen LogP contribution in [0.5, 0.6) is 0 Å². The molecule has 0 amide bonds. The fraction of sp³-hybridized carbons (Fsp3) is 0.750. The topological polar surface area (TPSA) is 44.3 Å². The van der Waals surface area contributed by atoms with Crippen molar-refractivity contribution >= 4 is 24.8 Å². The van der Waals surface area contributed by atoms with Gasteiger partial charge >= 0.3 is 0 Å². The van der Waals surface area contributed by atoms with E-state index in [9.17, 15) is 0 Å². The first-order valence-electron chi connectivity index (χ1n) is 8.20. The molecule has 1 N–H and O–H groups in total. The van der Waals surface area contributed by atoms with Crippen LogP contribution >= 0.6 is 24.8 Å². The van der Waals surface area contributed by atoms with Gasteiger partial charge in [-0.3, -0.25) is 9.80 Å². The zero-order valence-corrected chi connectivity index (χ0v) is 15.7. The molecule has 2 fully saturated rings. The van der Waals surface area contributed by atoms with Crippen LogP contribution in [0.15, 0.2) is 12.4 Å². The molecule has 0 spiro atoms. The molecule has 1 unspecified atom stereocenters. The van der Waals surface area contributed by atoms with Crippen molar-refractivity contribution in [2.24, 2.45) is 0 Å². The summed E-state index contributed by atoms with van der Waals surface area (Å²) in [4.78, 5) is 14.1. The summed E-state index contributed by atoms with van der Waals surface area (Å²) >= 11 is 0. The number of aromatic nitrogens is 2. The molecular weight excluding hydrogens is 333 g/mol. The first-order valence-corrected chi connectivity index (χ1v) is 8.20. The van der Waals surface area contributed by atoms with Crippen LogP contribution in [0.2, 0.25) is 0 Å². The summed E-state index contributed by atoms with van der Waals surface area (Å²) in [5.41, 5.74) is 1.23. The third-order valence-corrected chi connectivity index (χ3v) is 4.61. The van der Waals surface area contributed by atoms with Crippen molar-refractivity contribution < 1.29 is 0 Å². The Morgan fingerprint density at radius 1 is 1.13 bits per heavy atom. The van der Waals surface area contributed by atoms with Gasteiger partial charge in [-0.15, -0.1) is 24.8 Å². The highest BCUT2D eigenvalue weighted by atomic mass is 35.5. The number of nitrogens with one attached hydrogen (secondary N) is 1. The lowest BCUT2D eigenvalue weighted by atomic mass is 10.1. The smallest absolute Gasteiger partial charge is 0.130 e. The fourth-order valence-electron chi connectivity index (χ4n) is 3.24. The second kappa shape index (κ2) is 9.74. The van der Waals surface area contributed by atoms with E-state index in [4.69, 9.17) is 0 Å². The predicted octanol–water partition coefficient (Wildman–Crippen LogP) is 1.92. The second-order valence-electron chi connectivity index (χ2n) is 6.56. The van der Waals surface area contributed by atoms with Gasteiger partial charge in [0.25, 0.3) is 0 Å². The van der Waals surface area contributed by atoms with Crippen molar-refractivity contribution in [3.63, 3.8) is 0 Å². The standard InChI is InChI=1S/C16H27N5.2ClH/c1-13(2)16-18-9-14(10-19-16)12-20-5-7-21(8-6-20)15-3-4-17-11-15;;/h9-10,13,15,17H,3-8,11-12H2,1-2H3;2*1H. The maximum Gasteiger partial charge on any atom is 0.130 e. The minimum Gasteiger partial charge on any atom is -0.315 e. The van der Waals surface area contributed by atoms with E-state index in [0.29, 0.717) is 5.92 Å². The molecular formula is C16H29Cl2N5. The van der Waals surface area contributed by atoms with Crippen LogP contribution < -0.4 is 5.32 Å². The van der Waals surface area contributed by atoms with Gasteiger partial charge in [0.1, 0.15) is 5.82 Å². The van der Waals surface area contributed by atoms with E-state index in [0.717, 1.165) is 31.5 Å². The summed E-state index contributed by atoms with van der Waals surface area (Å²) in [6.45, 7) is 12.3. The lowest BCUT2D eigenvalue weighted by Crippen LogP contribution is -2.50. The Morgan fingerprint density at radius 2 is 1.78 bits per heavy atom. The number of hydrogen-bond donors (Lipinski definition) is 1. The summed E-state index contributed by atoms with van der Waals surface area (Å²) < 4.78 is 0. The van der Waals surface area contributed by atoms with E-state index in [-0.39, 0.29) is 24.8 Å². The highest BCUT2D eigenvalue weighted by Crippen LogP contribution is 2.14. The first kappa shape index (κ1) is 20.6. The highest BCUT2D eigenvalue weighted by Gasteiger charge is 2.25. The molecule has 3 rings (SSSR count). The molecule has 7 heteroatoms. The Labute approximate surface area is 152 Å². The number of hydrogen-bond acceptors (Lipinski definition) is 5. The SMILES string of the molecule is CC(C)c1ncc(CN2CCN(C3CCNC3)CC2)cn1.Cl.Cl. The molecule has 2 aliphatic rings. The van der Waals surface area contributed by atoms with E-state index < -0.39 is 0 Å². The maximum absolute atomic E-state index is 4.47. The normalized spacial score (nSPS) is 22.7. The van der Waals surface area contributed by atoms with Gasteiger partial charge in [0.2, 0.25) is 0 Å². The van der Waals surface area contributed by atoms with Crippen LogP contribution in [0.25, 0.3) is 0 Å². The van der Waals surface area contributed by atoms with E-state index in [2.05, 4.69) is 38.9 Å². The lowest BCUT2D eigenvalue weighted by molar-refractivity contribution is 0.0980. The van der Waals surface area contributed by atoms with Crippen LogP contribution in [-0.2, 0) is 6.54 Å². The number of nitrogens with zero attached hydrogens (tertiary/aromatic N) is 4. The van der Waals surface area contributed by atoms with Gasteiger partial charge in [-0.05, 0) is 13.0 Å². The summed E-state index contributed by atoms with van der Waals surface area (Å²) in [6.07, 6.45) is 5.30. The first-order chi connectivity index (χ1) is 10.2. The number of piperazine rings is 1. The monoisotopic (exact) mass is 361 g/mol. The van der Waals surface area contributed by atoms with Gasteiger partial charge in [0.15, 0.2) is 0 Å². The summed E-state index contributed by atoms with van der Waals surface area (Å²) in [6, 6.07) is 0.765. The Balaban J connectivity index is 0.00000132. The Morgan fingerprint density at radius 3 is 2.30 bits per heavy atom. The van der Waals surface area contributed by atoms with Crippen LogP contribution in [0.3, 0.4) is 0 Å². The van der Waals surface area contributed by atoms with Crippen molar-refractivity contribution in [1.82, 2.24) is 25.1 Å². The Kier molecular flexibility index (Phi) is 8.72. The molecule has 0 radical (unpaired) electrons. The number of rotatable bonds is 4. The molecule has 1 atom stereocenters. The molecule has 2 saturated heterocycles. The van der Waals surface area contributed by atoms with Gasteiger partial charge in [0.05, 0.1) is 0 Å². The third-order valence-electron chi connectivity index (χ3n) is 4.61. The zero-order chi connectivity index (χ0) is 14.7. The molecule has 23 heavy (non-hydrogen) atoms. The highest BCUT2D eigenvalue weighted by molar-refractivity contribution is 5.85. The van der Waals surface area contributed by atoms with Crippen LogP contribution in [0.4, 0.5) is 0 Å². The summed E-state index contributed by atoms with van der Waals surface area (Å²) in [7, 11) is 0. The predicted molar refractivity (Wildman–Crippen MR) is 98.7 cm³/mol. The average molecular weight is 362 g/mol. The molecule has 2 aliphatic heterocycles. The van der Waals surface area contributed by atoms with Crippen LogP contribution in [0, 0.1) is 0 Å². The van der Waals surface area contributed by atoms with Gasteiger partial charge in [-0.25, -0.2) is 9.97 Å². The molecule has 0 aromatic carbocycles. The van der Waals surface area contributed by atoms with Crippen molar-refractivity contribution in [3.05, 3.63) is 23.8 Å². The van der Waals surface area contributed by atoms with Crippen molar-refractivity contribution in [3.8, 4) is 0 Å². The van der Waals surface area contributed by atoms with Crippen molar-refractivity contribution in [2.75, 3.05) is 39.3 Å². The molecule has 1 aromatic heterocycles. The maximum atomic E-state index is 4.47. The van der Waals surface area contributed by atoms with E-state index in [1.54, 1.807) is 0 Å². The Bertz CT molecular complexity index is 440. The molecule has 0 aliphatic carbocycles. The van der Waals surface area contributed by atoms with Gasteiger partial charge in [-0.2, -0.15) is 0 Å². The van der Waals surface area contributed by atoms with Crippen molar-refractivity contribution in [1.29, 1.82) is 0 Å². The van der Waals surface area contributed by atoms with E-state index >= 15 is 0 Å². The third kappa shape index (κ3) is 5.54. The van der Waals surface area contributed by atoms with Crippen LogP contribution in [0.1, 0.15) is 37.6 Å². The van der Waals surface area contributed by atoms with Gasteiger partial charge < -0.3 is 5.32 Å². The molecule has 0 saturated carbocycles. The van der Waals surface area contributed by atoms with Gasteiger partial charge in [-0.1, -0.05) is 13.8 Å². The van der Waals surface area contributed by atoms with E-state index in [1.165, 1.54) is 38.2 Å². The molecule has 132 valence electrons. The molecule has 0 bridgehead atoms. The zero-order valence-electron chi connectivity index (χ0n) is 14.1.